The Balaban J connectivity index is 1.73. The molecule has 0 fully saturated rings. The average Bonchev–Trinajstić information content (AvgIpc) is 3.20. The van der Waals surface area contributed by atoms with Crippen molar-refractivity contribution < 1.29 is 13.9 Å². The summed E-state index contributed by atoms with van der Waals surface area (Å²) in [6.07, 6.45) is 6.06. The van der Waals surface area contributed by atoms with Gasteiger partial charge in [0.2, 0.25) is 5.89 Å². The third-order valence-electron chi connectivity index (χ3n) is 4.38. The van der Waals surface area contributed by atoms with E-state index in [9.17, 15) is 4.79 Å². The Hall–Kier alpha value is -3.73. The number of para-hydroxylation sites is 2. The molecule has 0 aliphatic rings. The van der Waals surface area contributed by atoms with Gasteiger partial charge in [0.1, 0.15) is 11.3 Å². The second-order valence-electron chi connectivity index (χ2n) is 6.53. The SMILES string of the molecule is CCCOc1ccc(C(=O)C(=Cc2ccncc2)c2nc3ccccc3o2)cc1. The Morgan fingerprint density at radius 2 is 1.79 bits per heavy atom. The highest BCUT2D eigenvalue weighted by molar-refractivity contribution is 6.31. The van der Waals surface area contributed by atoms with E-state index in [4.69, 9.17) is 9.15 Å². The molecule has 144 valence electrons. The molecule has 0 saturated carbocycles. The number of hydrogen-bond donors (Lipinski definition) is 0. The van der Waals surface area contributed by atoms with Crippen LogP contribution in [0.1, 0.15) is 35.2 Å². The minimum atomic E-state index is -0.171. The number of ether oxygens (including phenoxy) is 1. The molecule has 0 atom stereocenters. The van der Waals surface area contributed by atoms with Crippen molar-refractivity contribution in [1.29, 1.82) is 0 Å². The zero-order valence-corrected chi connectivity index (χ0v) is 16.0. The van der Waals surface area contributed by atoms with Gasteiger partial charge >= 0.3 is 0 Å². The van der Waals surface area contributed by atoms with Gasteiger partial charge < -0.3 is 9.15 Å². The summed E-state index contributed by atoms with van der Waals surface area (Å²) in [6.45, 7) is 2.69. The Morgan fingerprint density at radius 3 is 2.52 bits per heavy atom. The van der Waals surface area contributed by atoms with Gasteiger partial charge in [-0.15, -0.1) is 0 Å². The van der Waals surface area contributed by atoms with Gasteiger partial charge in [0.05, 0.1) is 12.2 Å². The molecule has 0 bridgehead atoms. The monoisotopic (exact) mass is 384 g/mol. The lowest BCUT2D eigenvalue weighted by molar-refractivity contribution is 0.105. The molecule has 0 aliphatic carbocycles. The zero-order valence-electron chi connectivity index (χ0n) is 16.0. The van der Waals surface area contributed by atoms with Crippen molar-refractivity contribution in [3.63, 3.8) is 0 Å². The van der Waals surface area contributed by atoms with Crippen molar-refractivity contribution in [1.82, 2.24) is 9.97 Å². The minimum absolute atomic E-state index is 0.171. The molecular weight excluding hydrogens is 364 g/mol. The number of rotatable bonds is 7. The van der Waals surface area contributed by atoms with Crippen LogP contribution in [-0.2, 0) is 0 Å². The summed E-state index contributed by atoms with van der Waals surface area (Å²) < 4.78 is 11.5. The number of Topliss-reactive ketones (excluding diaryl/α,β-unsaturated/α-hetero) is 1. The van der Waals surface area contributed by atoms with Crippen molar-refractivity contribution in [2.24, 2.45) is 0 Å². The van der Waals surface area contributed by atoms with E-state index < -0.39 is 0 Å². The molecule has 29 heavy (non-hydrogen) atoms. The predicted octanol–water partition coefficient (Wildman–Crippen LogP) is 5.44. The van der Waals surface area contributed by atoms with Crippen LogP contribution in [-0.4, -0.2) is 22.4 Å². The van der Waals surface area contributed by atoms with Gasteiger partial charge in [0, 0.05) is 18.0 Å². The molecule has 4 rings (SSSR count). The summed E-state index contributed by atoms with van der Waals surface area (Å²) in [5.41, 5.74) is 3.11. The third kappa shape index (κ3) is 4.24. The maximum Gasteiger partial charge on any atom is 0.231 e. The van der Waals surface area contributed by atoms with Crippen LogP contribution in [0.25, 0.3) is 22.7 Å². The van der Waals surface area contributed by atoms with Crippen LogP contribution in [0.5, 0.6) is 5.75 Å². The normalized spacial score (nSPS) is 11.6. The van der Waals surface area contributed by atoms with Gasteiger partial charge in [0.25, 0.3) is 0 Å². The first-order valence-corrected chi connectivity index (χ1v) is 9.50. The van der Waals surface area contributed by atoms with E-state index in [1.165, 1.54) is 0 Å². The van der Waals surface area contributed by atoms with Crippen molar-refractivity contribution in [2.75, 3.05) is 6.61 Å². The molecule has 5 nitrogen and oxygen atoms in total. The summed E-state index contributed by atoms with van der Waals surface area (Å²) in [5, 5.41) is 0. The molecular formula is C24H20N2O3. The lowest BCUT2D eigenvalue weighted by atomic mass is 10.0. The number of hydrogen-bond acceptors (Lipinski definition) is 5. The number of nitrogens with zero attached hydrogens (tertiary/aromatic N) is 2. The second kappa shape index (κ2) is 8.52. The molecule has 0 radical (unpaired) electrons. The summed E-state index contributed by atoms with van der Waals surface area (Å²) in [5.74, 6) is 0.861. The van der Waals surface area contributed by atoms with Crippen LogP contribution in [0.4, 0.5) is 0 Å². The molecule has 0 aliphatic heterocycles. The highest BCUT2D eigenvalue weighted by Gasteiger charge is 2.20. The number of aromatic nitrogens is 2. The van der Waals surface area contributed by atoms with E-state index in [2.05, 4.69) is 16.9 Å². The number of ketones is 1. The molecule has 0 saturated heterocycles. The lowest BCUT2D eigenvalue weighted by Crippen LogP contribution is -2.04. The van der Waals surface area contributed by atoms with Crippen LogP contribution in [0, 0.1) is 0 Å². The molecule has 2 aromatic carbocycles. The Bertz CT molecular complexity index is 1110. The minimum Gasteiger partial charge on any atom is -0.494 e. The quantitative estimate of drug-likeness (QED) is 0.314. The van der Waals surface area contributed by atoms with E-state index in [1.807, 2.05) is 36.4 Å². The van der Waals surface area contributed by atoms with Gasteiger partial charge in [-0.05, 0) is 66.6 Å². The van der Waals surface area contributed by atoms with Crippen LogP contribution in [0.3, 0.4) is 0 Å². The van der Waals surface area contributed by atoms with Gasteiger partial charge in [-0.1, -0.05) is 19.1 Å². The predicted molar refractivity (Wildman–Crippen MR) is 113 cm³/mol. The van der Waals surface area contributed by atoms with E-state index in [-0.39, 0.29) is 5.78 Å². The van der Waals surface area contributed by atoms with E-state index in [0.717, 1.165) is 17.7 Å². The van der Waals surface area contributed by atoms with Gasteiger partial charge in [-0.25, -0.2) is 4.98 Å². The highest BCUT2D eigenvalue weighted by Crippen LogP contribution is 2.26. The van der Waals surface area contributed by atoms with E-state index in [0.29, 0.717) is 34.7 Å². The summed E-state index contributed by atoms with van der Waals surface area (Å²) in [4.78, 5) is 21.9. The fourth-order valence-electron chi connectivity index (χ4n) is 2.92. The number of carbonyl (C=O) groups excluding carboxylic acids is 1. The van der Waals surface area contributed by atoms with E-state index in [1.54, 1.807) is 42.7 Å². The standard InChI is InChI=1S/C24H20N2O3/c1-2-15-28-19-9-7-18(8-10-19)23(27)20(16-17-11-13-25-14-12-17)24-26-21-5-3-4-6-22(21)29-24/h3-14,16H,2,15H2,1H3. The zero-order chi connectivity index (χ0) is 20.1. The maximum atomic E-state index is 13.3. The average molecular weight is 384 g/mol. The number of fused-ring (bicyclic) bond motifs is 1. The van der Waals surface area contributed by atoms with Gasteiger partial charge in [-0.3, -0.25) is 9.78 Å². The smallest absolute Gasteiger partial charge is 0.231 e. The molecule has 2 aromatic heterocycles. The number of benzene rings is 2. The van der Waals surface area contributed by atoms with Crippen molar-refractivity contribution in [3.05, 3.63) is 90.1 Å². The first-order valence-electron chi connectivity index (χ1n) is 9.50. The largest absolute Gasteiger partial charge is 0.494 e. The third-order valence-corrected chi connectivity index (χ3v) is 4.38. The van der Waals surface area contributed by atoms with E-state index >= 15 is 0 Å². The van der Waals surface area contributed by atoms with Crippen molar-refractivity contribution in [2.45, 2.75) is 13.3 Å². The Labute approximate surface area is 168 Å². The molecule has 2 heterocycles. The molecule has 4 aromatic rings. The fourth-order valence-corrected chi connectivity index (χ4v) is 2.92. The number of oxazole rings is 1. The number of pyridine rings is 1. The number of allylic oxidation sites excluding steroid dienone is 1. The number of carbonyl (C=O) groups is 1. The fraction of sp³-hybridized carbons (Fsp3) is 0.125. The summed E-state index contributed by atoms with van der Waals surface area (Å²) in [7, 11) is 0. The second-order valence-corrected chi connectivity index (χ2v) is 6.53. The first-order chi connectivity index (χ1) is 14.2. The van der Waals surface area contributed by atoms with Crippen molar-refractivity contribution in [3.8, 4) is 5.75 Å². The molecule has 0 unspecified atom stereocenters. The van der Waals surface area contributed by atoms with Crippen LogP contribution in [0.15, 0.2) is 77.5 Å². The summed E-state index contributed by atoms with van der Waals surface area (Å²) in [6, 6.07) is 18.2. The first kappa shape index (κ1) is 18.6. The Kier molecular flexibility index (Phi) is 5.47. The maximum absolute atomic E-state index is 13.3. The van der Waals surface area contributed by atoms with Gasteiger partial charge in [-0.2, -0.15) is 0 Å². The highest BCUT2D eigenvalue weighted by atomic mass is 16.5. The lowest BCUT2D eigenvalue weighted by Gasteiger charge is -2.07. The Morgan fingerprint density at radius 1 is 1.03 bits per heavy atom. The van der Waals surface area contributed by atoms with Crippen LogP contribution >= 0.6 is 0 Å². The van der Waals surface area contributed by atoms with Crippen LogP contribution < -0.4 is 4.74 Å². The van der Waals surface area contributed by atoms with Gasteiger partial charge in [0.15, 0.2) is 11.4 Å². The molecule has 5 heteroatoms. The summed E-state index contributed by atoms with van der Waals surface area (Å²) >= 11 is 0. The molecule has 0 N–H and O–H groups in total. The molecule has 0 spiro atoms. The van der Waals surface area contributed by atoms with Crippen LogP contribution in [0.2, 0.25) is 0 Å². The topological polar surface area (TPSA) is 65.2 Å². The van der Waals surface area contributed by atoms with Crippen molar-refractivity contribution >= 4 is 28.5 Å². The molecule has 0 amide bonds.